The number of nitrogens with one attached hydrogen (secondary N) is 1. The van der Waals surface area contributed by atoms with Crippen LogP contribution >= 0.6 is 0 Å². The summed E-state index contributed by atoms with van der Waals surface area (Å²) in [6.07, 6.45) is 5.11. The van der Waals surface area contributed by atoms with Crippen LogP contribution in [0.25, 0.3) is 0 Å². The molecule has 0 aliphatic heterocycles. The summed E-state index contributed by atoms with van der Waals surface area (Å²) in [5, 5.41) is 3.36. The number of rotatable bonds is 7. The molecule has 2 aromatic carbocycles. The molecule has 3 heteroatoms. The molecule has 0 amide bonds. The summed E-state index contributed by atoms with van der Waals surface area (Å²) in [6, 6.07) is 20.4. The van der Waals surface area contributed by atoms with Crippen molar-refractivity contribution in [1.29, 1.82) is 0 Å². The Labute approximate surface area is 156 Å². The van der Waals surface area contributed by atoms with Crippen LogP contribution in [0.1, 0.15) is 56.1 Å². The van der Waals surface area contributed by atoms with E-state index >= 15 is 0 Å². The van der Waals surface area contributed by atoms with Crippen LogP contribution in [0.15, 0.2) is 60.7 Å². The minimum Gasteiger partial charge on any atom is -0.461 e. The van der Waals surface area contributed by atoms with Crippen molar-refractivity contribution in [3.05, 3.63) is 71.8 Å². The molecule has 1 aliphatic carbocycles. The number of carbonyl (C=O) groups excluding carboxylic acids is 1. The molecule has 1 unspecified atom stereocenters. The zero-order valence-corrected chi connectivity index (χ0v) is 15.6. The number of esters is 1. The number of ether oxygens (including phenoxy) is 1. The van der Waals surface area contributed by atoms with Crippen molar-refractivity contribution >= 4 is 5.97 Å². The number of hydrogen-bond donors (Lipinski definition) is 1. The van der Waals surface area contributed by atoms with E-state index in [9.17, 15) is 4.79 Å². The van der Waals surface area contributed by atoms with Gasteiger partial charge in [0.05, 0.1) is 0 Å². The average Bonchev–Trinajstić information content (AvgIpc) is 2.70. The monoisotopic (exact) mass is 351 g/mol. The largest absolute Gasteiger partial charge is 0.461 e. The van der Waals surface area contributed by atoms with Crippen molar-refractivity contribution in [1.82, 2.24) is 5.32 Å². The third-order valence-corrected chi connectivity index (χ3v) is 5.29. The molecule has 0 spiro atoms. The highest BCUT2D eigenvalue weighted by Gasteiger charge is 2.31. The Balaban J connectivity index is 1.60. The van der Waals surface area contributed by atoms with Gasteiger partial charge in [-0.25, -0.2) is 0 Å². The maximum atomic E-state index is 12.8. The van der Waals surface area contributed by atoms with Gasteiger partial charge in [0.25, 0.3) is 0 Å². The SMILES string of the molecule is CCC(NCc1ccccc1)C(=O)O[C@@H]1CCCC[C@H]1c1ccccc1. The van der Waals surface area contributed by atoms with Gasteiger partial charge in [0, 0.05) is 12.5 Å². The second-order valence-corrected chi connectivity index (χ2v) is 7.10. The third-order valence-electron chi connectivity index (χ3n) is 5.29. The summed E-state index contributed by atoms with van der Waals surface area (Å²) >= 11 is 0. The minimum atomic E-state index is -0.256. The van der Waals surface area contributed by atoms with Crippen LogP contribution in [0.3, 0.4) is 0 Å². The van der Waals surface area contributed by atoms with E-state index in [4.69, 9.17) is 4.74 Å². The van der Waals surface area contributed by atoms with Crippen molar-refractivity contribution in [3.8, 4) is 0 Å². The maximum Gasteiger partial charge on any atom is 0.323 e. The van der Waals surface area contributed by atoms with E-state index in [-0.39, 0.29) is 18.1 Å². The summed E-state index contributed by atoms with van der Waals surface area (Å²) < 4.78 is 6.00. The van der Waals surface area contributed by atoms with Crippen molar-refractivity contribution in [2.24, 2.45) is 0 Å². The number of carbonyl (C=O) groups is 1. The molecule has 0 bridgehead atoms. The predicted octanol–water partition coefficient (Wildman–Crippen LogP) is 4.82. The predicted molar refractivity (Wildman–Crippen MR) is 105 cm³/mol. The third kappa shape index (κ3) is 4.95. The lowest BCUT2D eigenvalue weighted by Gasteiger charge is -2.32. The highest BCUT2D eigenvalue weighted by molar-refractivity contribution is 5.76. The average molecular weight is 351 g/mol. The molecular weight excluding hydrogens is 322 g/mol. The molecule has 1 N–H and O–H groups in total. The van der Waals surface area contributed by atoms with E-state index in [1.807, 2.05) is 31.2 Å². The smallest absolute Gasteiger partial charge is 0.323 e. The van der Waals surface area contributed by atoms with Gasteiger partial charge in [0.1, 0.15) is 12.1 Å². The van der Waals surface area contributed by atoms with Crippen LogP contribution < -0.4 is 5.32 Å². The quantitative estimate of drug-likeness (QED) is 0.727. The summed E-state index contributed by atoms with van der Waals surface area (Å²) in [6.45, 7) is 2.71. The summed E-state index contributed by atoms with van der Waals surface area (Å²) in [7, 11) is 0. The number of hydrogen-bond acceptors (Lipinski definition) is 3. The maximum absolute atomic E-state index is 12.8. The van der Waals surface area contributed by atoms with Gasteiger partial charge in [-0.1, -0.05) is 74.0 Å². The van der Waals surface area contributed by atoms with E-state index in [1.54, 1.807) is 0 Å². The Morgan fingerprint density at radius 2 is 1.69 bits per heavy atom. The van der Waals surface area contributed by atoms with Gasteiger partial charge in [-0.2, -0.15) is 0 Å². The van der Waals surface area contributed by atoms with Gasteiger partial charge < -0.3 is 10.1 Å². The summed E-state index contributed by atoms with van der Waals surface area (Å²) in [4.78, 5) is 12.8. The topological polar surface area (TPSA) is 38.3 Å². The van der Waals surface area contributed by atoms with Gasteiger partial charge in [-0.15, -0.1) is 0 Å². The molecular formula is C23H29NO2. The van der Waals surface area contributed by atoms with Crippen LogP contribution in [0.5, 0.6) is 0 Å². The molecule has 3 atom stereocenters. The van der Waals surface area contributed by atoms with Crippen LogP contribution in [0.2, 0.25) is 0 Å². The Kier molecular flexibility index (Phi) is 6.84. The van der Waals surface area contributed by atoms with E-state index in [1.165, 1.54) is 17.5 Å². The van der Waals surface area contributed by atoms with Crippen LogP contribution in [0.4, 0.5) is 0 Å². The molecule has 26 heavy (non-hydrogen) atoms. The van der Waals surface area contributed by atoms with E-state index < -0.39 is 0 Å². The first kappa shape index (κ1) is 18.7. The van der Waals surface area contributed by atoms with Gasteiger partial charge in [0.15, 0.2) is 0 Å². The fourth-order valence-electron chi connectivity index (χ4n) is 3.78. The highest BCUT2D eigenvalue weighted by atomic mass is 16.5. The molecule has 138 valence electrons. The first-order valence-corrected chi connectivity index (χ1v) is 9.80. The zero-order valence-electron chi connectivity index (χ0n) is 15.6. The first-order valence-electron chi connectivity index (χ1n) is 9.80. The molecule has 3 rings (SSSR count). The lowest BCUT2D eigenvalue weighted by molar-refractivity contribution is -0.154. The van der Waals surface area contributed by atoms with Gasteiger partial charge in [0.2, 0.25) is 0 Å². The first-order chi connectivity index (χ1) is 12.8. The lowest BCUT2D eigenvalue weighted by atomic mass is 9.81. The van der Waals surface area contributed by atoms with Crippen LogP contribution in [-0.4, -0.2) is 18.1 Å². The molecule has 0 aromatic heterocycles. The molecule has 1 saturated carbocycles. The highest BCUT2D eigenvalue weighted by Crippen LogP contribution is 2.35. The Bertz CT molecular complexity index is 671. The fraction of sp³-hybridized carbons (Fsp3) is 0.435. The van der Waals surface area contributed by atoms with Crippen molar-refractivity contribution in [3.63, 3.8) is 0 Å². The molecule has 2 aromatic rings. The van der Waals surface area contributed by atoms with Crippen LogP contribution in [-0.2, 0) is 16.1 Å². The molecule has 0 radical (unpaired) electrons. The second-order valence-electron chi connectivity index (χ2n) is 7.10. The normalized spacial score (nSPS) is 21.1. The van der Waals surface area contributed by atoms with E-state index in [0.717, 1.165) is 25.7 Å². The molecule has 1 aliphatic rings. The van der Waals surface area contributed by atoms with Crippen molar-refractivity contribution in [2.45, 2.75) is 63.6 Å². The molecule has 0 heterocycles. The Morgan fingerprint density at radius 1 is 1.04 bits per heavy atom. The second kappa shape index (κ2) is 9.54. The summed E-state index contributed by atoms with van der Waals surface area (Å²) in [5.41, 5.74) is 2.47. The van der Waals surface area contributed by atoms with E-state index in [2.05, 4.69) is 41.7 Å². The zero-order chi connectivity index (χ0) is 18.2. The fourth-order valence-corrected chi connectivity index (χ4v) is 3.78. The lowest BCUT2D eigenvalue weighted by Crippen LogP contribution is -2.40. The summed E-state index contributed by atoms with van der Waals surface area (Å²) in [5.74, 6) is 0.205. The van der Waals surface area contributed by atoms with Gasteiger partial charge in [-0.3, -0.25) is 4.79 Å². The Morgan fingerprint density at radius 3 is 2.38 bits per heavy atom. The van der Waals surface area contributed by atoms with Gasteiger partial charge >= 0.3 is 5.97 Å². The van der Waals surface area contributed by atoms with Crippen molar-refractivity contribution in [2.75, 3.05) is 0 Å². The minimum absolute atomic E-state index is 0.00812. The van der Waals surface area contributed by atoms with Crippen LogP contribution in [0, 0.1) is 0 Å². The van der Waals surface area contributed by atoms with E-state index in [0.29, 0.717) is 12.5 Å². The molecule has 3 nitrogen and oxygen atoms in total. The van der Waals surface area contributed by atoms with Crippen molar-refractivity contribution < 1.29 is 9.53 Å². The number of benzene rings is 2. The Hall–Kier alpha value is -2.13. The van der Waals surface area contributed by atoms with Gasteiger partial charge in [-0.05, 0) is 36.8 Å². The molecule has 0 saturated heterocycles. The standard InChI is InChI=1S/C23H29NO2/c1-2-21(24-17-18-11-5-3-6-12-18)23(25)26-22-16-10-9-15-20(22)19-13-7-4-8-14-19/h3-8,11-14,20-22,24H,2,9-10,15-17H2,1H3/t20-,21?,22+/m0/s1. The molecule has 1 fully saturated rings.